The fourth-order valence-corrected chi connectivity index (χ4v) is 2.53. The Morgan fingerprint density at radius 2 is 2.25 bits per heavy atom. The van der Waals surface area contributed by atoms with Crippen LogP contribution in [0.5, 0.6) is 0 Å². The second-order valence-electron chi connectivity index (χ2n) is 5.79. The lowest BCUT2D eigenvalue weighted by Gasteiger charge is -2.34. The maximum absolute atomic E-state index is 5.75. The Hall–Kier alpha value is -1.13. The Kier molecular flexibility index (Phi) is 5.38. The van der Waals surface area contributed by atoms with Gasteiger partial charge in [-0.3, -0.25) is 0 Å². The van der Waals surface area contributed by atoms with Gasteiger partial charge in [-0.05, 0) is 37.1 Å². The van der Waals surface area contributed by atoms with Gasteiger partial charge in [0.25, 0.3) is 0 Å². The van der Waals surface area contributed by atoms with Gasteiger partial charge in [0.1, 0.15) is 5.82 Å². The van der Waals surface area contributed by atoms with Crippen molar-refractivity contribution in [2.45, 2.75) is 45.8 Å². The van der Waals surface area contributed by atoms with Crippen LogP contribution < -0.4 is 10.2 Å². The molecule has 2 heterocycles. The second-order valence-corrected chi connectivity index (χ2v) is 5.79. The molecule has 1 fully saturated rings. The number of hydrogen-bond acceptors (Lipinski definition) is 4. The van der Waals surface area contributed by atoms with Crippen LogP contribution in [-0.2, 0) is 11.3 Å². The van der Waals surface area contributed by atoms with E-state index in [2.05, 4.69) is 43.1 Å². The molecule has 0 spiro atoms. The first-order valence-electron chi connectivity index (χ1n) is 7.66. The molecule has 1 unspecified atom stereocenters. The van der Waals surface area contributed by atoms with Crippen LogP contribution in [0, 0.1) is 0 Å². The van der Waals surface area contributed by atoms with Crippen molar-refractivity contribution in [1.82, 2.24) is 10.3 Å². The highest BCUT2D eigenvalue weighted by atomic mass is 16.5. The molecule has 1 aromatic heterocycles. The van der Waals surface area contributed by atoms with Gasteiger partial charge in [0.15, 0.2) is 0 Å². The van der Waals surface area contributed by atoms with Crippen LogP contribution in [0.15, 0.2) is 12.1 Å². The molecule has 0 aliphatic carbocycles. The summed E-state index contributed by atoms with van der Waals surface area (Å²) in [4.78, 5) is 7.21. The van der Waals surface area contributed by atoms with Crippen molar-refractivity contribution < 1.29 is 4.74 Å². The minimum Gasteiger partial charge on any atom is -0.375 e. The number of rotatable bonds is 5. The average Bonchev–Trinajstić information content (AvgIpc) is 2.47. The molecule has 1 aliphatic heterocycles. The van der Waals surface area contributed by atoms with Gasteiger partial charge in [-0.25, -0.2) is 4.98 Å². The third-order valence-corrected chi connectivity index (χ3v) is 3.78. The van der Waals surface area contributed by atoms with Crippen molar-refractivity contribution in [3.63, 3.8) is 0 Å². The SMILES string of the molecule is CCC1CN(c2cc(CNC)cc(C(C)C)n2)CCO1. The van der Waals surface area contributed by atoms with Gasteiger partial charge in [-0.2, -0.15) is 0 Å². The molecule has 0 radical (unpaired) electrons. The molecule has 1 N–H and O–H groups in total. The van der Waals surface area contributed by atoms with E-state index >= 15 is 0 Å². The van der Waals surface area contributed by atoms with E-state index in [0.29, 0.717) is 12.0 Å². The smallest absolute Gasteiger partial charge is 0.129 e. The molecule has 2 rings (SSSR count). The normalized spacial score (nSPS) is 19.6. The van der Waals surface area contributed by atoms with Gasteiger partial charge in [-0.15, -0.1) is 0 Å². The number of nitrogens with one attached hydrogen (secondary N) is 1. The quantitative estimate of drug-likeness (QED) is 0.897. The van der Waals surface area contributed by atoms with E-state index in [-0.39, 0.29) is 0 Å². The lowest BCUT2D eigenvalue weighted by Crippen LogP contribution is -2.42. The van der Waals surface area contributed by atoms with Crippen LogP contribution >= 0.6 is 0 Å². The van der Waals surface area contributed by atoms with Crippen molar-refractivity contribution in [3.8, 4) is 0 Å². The summed E-state index contributed by atoms with van der Waals surface area (Å²) in [6.07, 6.45) is 1.39. The topological polar surface area (TPSA) is 37.4 Å². The van der Waals surface area contributed by atoms with E-state index in [4.69, 9.17) is 9.72 Å². The van der Waals surface area contributed by atoms with Gasteiger partial charge in [0, 0.05) is 25.3 Å². The summed E-state index contributed by atoms with van der Waals surface area (Å²) in [5.41, 5.74) is 2.48. The van der Waals surface area contributed by atoms with Crippen LogP contribution in [0.1, 0.15) is 44.4 Å². The molecule has 20 heavy (non-hydrogen) atoms. The first kappa shape index (κ1) is 15.3. The molecular formula is C16H27N3O. The first-order chi connectivity index (χ1) is 9.63. The third-order valence-electron chi connectivity index (χ3n) is 3.78. The van der Waals surface area contributed by atoms with E-state index in [1.54, 1.807) is 0 Å². The highest BCUT2D eigenvalue weighted by Crippen LogP contribution is 2.22. The monoisotopic (exact) mass is 277 g/mol. The van der Waals surface area contributed by atoms with Crippen molar-refractivity contribution >= 4 is 5.82 Å². The van der Waals surface area contributed by atoms with Gasteiger partial charge in [-0.1, -0.05) is 20.8 Å². The van der Waals surface area contributed by atoms with Crippen LogP contribution in [0.3, 0.4) is 0 Å². The number of pyridine rings is 1. The van der Waals surface area contributed by atoms with Crippen molar-refractivity contribution in [3.05, 3.63) is 23.4 Å². The molecule has 1 aromatic rings. The summed E-state index contributed by atoms with van der Waals surface area (Å²) in [6, 6.07) is 4.42. The average molecular weight is 277 g/mol. The number of morpholine rings is 1. The summed E-state index contributed by atoms with van der Waals surface area (Å²) in [5.74, 6) is 1.55. The minimum atomic E-state index is 0.334. The molecule has 1 saturated heterocycles. The number of nitrogens with zero attached hydrogens (tertiary/aromatic N) is 2. The number of anilines is 1. The Bertz CT molecular complexity index is 434. The number of ether oxygens (including phenoxy) is 1. The van der Waals surface area contributed by atoms with Gasteiger partial charge < -0.3 is 15.0 Å². The standard InChI is InChI=1S/C16H27N3O/c1-5-14-11-19(6-7-20-14)16-9-13(10-17-4)8-15(18-16)12(2)3/h8-9,12,14,17H,5-7,10-11H2,1-4H3. The fraction of sp³-hybridized carbons (Fsp3) is 0.688. The maximum atomic E-state index is 5.75. The van der Waals surface area contributed by atoms with E-state index in [1.165, 1.54) is 11.3 Å². The molecule has 1 aliphatic rings. The zero-order chi connectivity index (χ0) is 14.5. The summed E-state index contributed by atoms with van der Waals surface area (Å²) in [7, 11) is 1.98. The summed E-state index contributed by atoms with van der Waals surface area (Å²) >= 11 is 0. The third kappa shape index (κ3) is 3.70. The number of aromatic nitrogens is 1. The van der Waals surface area contributed by atoms with Crippen molar-refractivity contribution in [2.75, 3.05) is 31.6 Å². The summed E-state index contributed by atoms with van der Waals surface area (Å²) in [5, 5.41) is 3.23. The lowest BCUT2D eigenvalue weighted by molar-refractivity contribution is 0.0381. The summed E-state index contributed by atoms with van der Waals surface area (Å²) < 4.78 is 5.75. The van der Waals surface area contributed by atoms with Crippen LogP contribution in [0.25, 0.3) is 0 Å². The Morgan fingerprint density at radius 1 is 1.45 bits per heavy atom. The second kappa shape index (κ2) is 7.04. The molecule has 0 bridgehead atoms. The predicted molar refractivity (Wildman–Crippen MR) is 83.3 cm³/mol. The molecule has 1 atom stereocenters. The Morgan fingerprint density at radius 3 is 2.90 bits per heavy atom. The van der Waals surface area contributed by atoms with E-state index in [1.807, 2.05) is 7.05 Å². The van der Waals surface area contributed by atoms with Crippen LogP contribution in [-0.4, -0.2) is 37.8 Å². The maximum Gasteiger partial charge on any atom is 0.129 e. The lowest BCUT2D eigenvalue weighted by atomic mass is 10.1. The van der Waals surface area contributed by atoms with Gasteiger partial charge in [0.2, 0.25) is 0 Å². The molecule has 0 saturated carbocycles. The predicted octanol–water partition coefficient (Wildman–Crippen LogP) is 2.54. The fourth-order valence-electron chi connectivity index (χ4n) is 2.53. The largest absolute Gasteiger partial charge is 0.375 e. The van der Waals surface area contributed by atoms with Crippen LogP contribution in [0.2, 0.25) is 0 Å². The molecule has 112 valence electrons. The molecule has 4 nitrogen and oxygen atoms in total. The molecule has 0 aromatic carbocycles. The van der Waals surface area contributed by atoms with Crippen LogP contribution in [0.4, 0.5) is 5.82 Å². The van der Waals surface area contributed by atoms with E-state index in [9.17, 15) is 0 Å². The molecule has 4 heteroatoms. The van der Waals surface area contributed by atoms with Gasteiger partial charge >= 0.3 is 0 Å². The zero-order valence-electron chi connectivity index (χ0n) is 13.1. The molecule has 0 amide bonds. The Balaban J connectivity index is 2.24. The Labute approximate surface area is 122 Å². The molecular weight excluding hydrogens is 250 g/mol. The van der Waals surface area contributed by atoms with Crippen molar-refractivity contribution in [1.29, 1.82) is 0 Å². The van der Waals surface area contributed by atoms with Crippen molar-refractivity contribution in [2.24, 2.45) is 0 Å². The highest BCUT2D eigenvalue weighted by Gasteiger charge is 2.21. The minimum absolute atomic E-state index is 0.334. The highest BCUT2D eigenvalue weighted by molar-refractivity contribution is 5.44. The van der Waals surface area contributed by atoms with E-state index < -0.39 is 0 Å². The first-order valence-corrected chi connectivity index (χ1v) is 7.66. The summed E-state index contributed by atoms with van der Waals surface area (Å²) in [6.45, 7) is 10.1. The number of hydrogen-bond donors (Lipinski definition) is 1. The van der Waals surface area contributed by atoms with E-state index in [0.717, 1.165) is 38.5 Å². The zero-order valence-corrected chi connectivity index (χ0v) is 13.1. The van der Waals surface area contributed by atoms with Gasteiger partial charge in [0.05, 0.1) is 12.7 Å².